The maximum atomic E-state index is 7.02. The minimum Gasteiger partial charge on any atom is -0.358 e. The van der Waals surface area contributed by atoms with E-state index in [-0.39, 0.29) is 0 Å². The molecular weight excluding hydrogens is 112 g/mol. The minimum atomic E-state index is 0.447. The first-order valence-electron chi connectivity index (χ1n) is 3.37. The molecule has 2 nitrogen and oxygen atoms in total. The van der Waals surface area contributed by atoms with Crippen molar-refractivity contribution >= 4 is 6.34 Å². The molecule has 0 fully saturated rings. The molecule has 0 saturated carbocycles. The Morgan fingerprint density at radius 2 is 1.44 bits per heavy atom. The highest BCUT2D eigenvalue weighted by atomic mass is 15.2. The Labute approximate surface area is 57.4 Å². The largest absolute Gasteiger partial charge is 0.358 e. The van der Waals surface area contributed by atoms with Crippen molar-refractivity contribution < 1.29 is 0 Å². The molecule has 0 amide bonds. The van der Waals surface area contributed by atoms with Gasteiger partial charge in [-0.05, 0) is 27.7 Å². The van der Waals surface area contributed by atoms with Gasteiger partial charge in [0.15, 0.2) is 0 Å². The van der Waals surface area contributed by atoms with Gasteiger partial charge < -0.3 is 4.90 Å². The highest BCUT2D eigenvalue weighted by molar-refractivity contribution is 5.51. The first kappa shape index (κ1) is 8.47. The molecule has 1 N–H and O–H groups in total. The molecule has 9 heavy (non-hydrogen) atoms. The van der Waals surface area contributed by atoms with Crippen molar-refractivity contribution in [1.82, 2.24) is 4.90 Å². The van der Waals surface area contributed by atoms with Crippen LogP contribution in [0, 0.1) is 5.41 Å². The quantitative estimate of drug-likeness (QED) is 0.454. The summed E-state index contributed by atoms with van der Waals surface area (Å²) in [6, 6.07) is 0.894. The van der Waals surface area contributed by atoms with Crippen LogP contribution >= 0.6 is 0 Å². The lowest BCUT2D eigenvalue weighted by atomic mass is 10.2. The number of nitrogens with zero attached hydrogens (tertiary/aromatic N) is 1. The van der Waals surface area contributed by atoms with E-state index in [1.165, 1.54) is 6.34 Å². The summed E-state index contributed by atoms with van der Waals surface area (Å²) in [4.78, 5) is 2.00. The zero-order valence-corrected chi connectivity index (χ0v) is 6.68. The van der Waals surface area contributed by atoms with E-state index in [0.29, 0.717) is 12.1 Å². The van der Waals surface area contributed by atoms with Crippen molar-refractivity contribution in [3.05, 3.63) is 0 Å². The monoisotopic (exact) mass is 128 g/mol. The molecule has 0 aliphatic rings. The topological polar surface area (TPSA) is 27.1 Å². The van der Waals surface area contributed by atoms with E-state index >= 15 is 0 Å². The van der Waals surface area contributed by atoms with E-state index in [0.717, 1.165) is 0 Å². The van der Waals surface area contributed by atoms with Crippen molar-refractivity contribution in [1.29, 1.82) is 5.41 Å². The van der Waals surface area contributed by atoms with Crippen molar-refractivity contribution in [3.63, 3.8) is 0 Å². The molecular formula is C7H16N2. The molecule has 0 saturated heterocycles. The molecule has 0 aliphatic carbocycles. The van der Waals surface area contributed by atoms with Gasteiger partial charge in [-0.3, -0.25) is 5.41 Å². The summed E-state index contributed by atoms with van der Waals surface area (Å²) in [6.45, 7) is 8.35. The Morgan fingerprint density at radius 1 is 1.11 bits per heavy atom. The first-order chi connectivity index (χ1) is 4.09. The third-order valence-corrected chi connectivity index (χ3v) is 1.34. The van der Waals surface area contributed by atoms with E-state index in [9.17, 15) is 0 Å². The fourth-order valence-electron chi connectivity index (χ4n) is 0.894. The average molecular weight is 128 g/mol. The highest BCUT2D eigenvalue weighted by Gasteiger charge is 2.06. The molecule has 0 heterocycles. The lowest BCUT2D eigenvalue weighted by Crippen LogP contribution is -2.35. The fraction of sp³-hybridized carbons (Fsp3) is 0.857. The summed E-state index contributed by atoms with van der Waals surface area (Å²) in [5.41, 5.74) is 0. The maximum Gasteiger partial charge on any atom is 0.0821 e. The van der Waals surface area contributed by atoms with Crippen LogP contribution in [0.4, 0.5) is 0 Å². The normalized spacial score (nSPS) is 10.4. The van der Waals surface area contributed by atoms with E-state index in [1.54, 1.807) is 0 Å². The number of nitrogens with one attached hydrogen (secondary N) is 1. The Morgan fingerprint density at radius 3 is 1.44 bits per heavy atom. The number of hydrogen-bond acceptors (Lipinski definition) is 1. The van der Waals surface area contributed by atoms with Crippen LogP contribution in [0.15, 0.2) is 0 Å². The zero-order chi connectivity index (χ0) is 7.44. The van der Waals surface area contributed by atoms with Gasteiger partial charge in [-0.2, -0.15) is 0 Å². The van der Waals surface area contributed by atoms with Crippen LogP contribution in [0.2, 0.25) is 0 Å². The van der Waals surface area contributed by atoms with Crippen LogP contribution < -0.4 is 0 Å². The minimum absolute atomic E-state index is 0.447. The van der Waals surface area contributed by atoms with Crippen LogP contribution in [0.25, 0.3) is 0 Å². The second-order valence-corrected chi connectivity index (χ2v) is 2.76. The molecule has 0 rings (SSSR count). The smallest absolute Gasteiger partial charge is 0.0821 e. The Bertz CT molecular complexity index is 78.9. The molecule has 0 radical (unpaired) electrons. The Balaban J connectivity index is 3.82. The summed E-state index contributed by atoms with van der Waals surface area (Å²) in [7, 11) is 0. The van der Waals surface area contributed by atoms with Crippen LogP contribution in [0.5, 0.6) is 0 Å². The van der Waals surface area contributed by atoms with Gasteiger partial charge in [0.1, 0.15) is 0 Å². The molecule has 0 aromatic rings. The first-order valence-corrected chi connectivity index (χ1v) is 3.37. The standard InChI is InChI=1S/C7H16N2/c1-6(2)9(5-8)7(3)4/h5-8H,1-4H3. The van der Waals surface area contributed by atoms with Crippen LogP contribution in [0.3, 0.4) is 0 Å². The van der Waals surface area contributed by atoms with Crippen LogP contribution in [-0.4, -0.2) is 23.3 Å². The van der Waals surface area contributed by atoms with E-state index in [4.69, 9.17) is 5.41 Å². The fourth-order valence-corrected chi connectivity index (χ4v) is 0.894. The summed E-state index contributed by atoms with van der Waals surface area (Å²) in [6.07, 6.45) is 1.40. The van der Waals surface area contributed by atoms with Gasteiger partial charge in [0.25, 0.3) is 0 Å². The lowest BCUT2D eigenvalue weighted by Gasteiger charge is -2.27. The SMILES string of the molecule is CC(C)N(C=N)C(C)C. The average Bonchev–Trinajstić information content (AvgIpc) is 1.64. The maximum absolute atomic E-state index is 7.02. The summed E-state index contributed by atoms with van der Waals surface area (Å²) in [5.74, 6) is 0. The molecule has 0 atom stereocenters. The van der Waals surface area contributed by atoms with Gasteiger partial charge in [-0.15, -0.1) is 0 Å². The molecule has 54 valence electrons. The highest BCUT2D eigenvalue weighted by Crippen LogP contribution is 1.99. The second-order valence-electron chi connectivity index (χ2n) is 2.76. The van der Waals surface area contributed by atoms with Crippen LogP contribution in [-0.2, 0) is 0 Å². The van der Waals surface area contributed by atoms with Crippen molar-refractivity contribution in [2.75, 3.05) is 0 Å². The molecule has 0 spiro atoms. The molecule has 0 aromatic heterocycles. The van der Waals surface area contributed by atoms with Crippen molar-refractivity contribution in [3.8, 4) is 0 Å². The van der Waals surface area contributed by atoms with Gasteiger partial charge in [-0.1, -0.05) is 0 Å². The number of hydrogen-bond donors (Lipinski definition) is 1. The van der Waals surface area contributed by atoms with E-state index < -0.39 is 0 Å². The van der Waals surface area contributed by atoms with Gasteiger partial charge in [0.05, 0.1) is 6.34 Å². The second kappa shape index (κ2) is 3.49. The molecule has 0 aromatic carbocycles. The third kappa shape index (κ3) is 2.49. The summed E-state index contributed by atoms with van der Waals surface area (Å²) in [5, 5.41) is 7.02. The van der Waals surface area contributed by atoms with Gasteiger partial charge >= 0.3 is 0 Å². The molecule has 0 aliphatic heterocycles. The predicted octanol–water partition coefficient (Wildman–Crippen LogP) is 1.71. The summed E-state index contributed by atoms with van der Waals surface area (Å²) < 4.78 is 0. The van der Waals surface area contributed by atoms with Gasteiger partial charge in [0, 0.05) is 12.1 Å². The van der Waals surface area contributed by atoms with Crippen molar-refractivity contribution in [2.45, 2.75) is 39.8 Å². The van der Waals surface area contributed by atoms with Gasteiger partial charge in [-0.25, -0.2) is 0 Å². The lowest BCUT2D eigenvalue weighted by molar-refractivity contribution is 0.300. The predicted molar refractivity (Wildman–Crippen MR) is 40.9 cm³/mol. The van der Waals surface area contributed by atoms with E-state index in [2.05, 4.69) is 27.7 Å². The summed E-state index contributed by atoms with van der Waals surface area (Å²) >= 11 is 0. The molecule has 0 unspecified atom stereocenters. The van der Waals surface area contributed by atoms with E-state index in [1.807, 2.05) is 4.90 Å². The third-order valence-electron chi connectivity index (χ3n) is 1.34. The zero-order valence-electron chi connectivity index (χ0n) is 6.68. The number of rotatable bonds is 3. The van der Waals surface area contributed by atoms with Crippen LogP contribution in [0.1, 0.15) is 27.7 Å². The molecule has 0 bridgehead atoms. The van der Waals surface area contributed by atoms with Gasteiger partial charge in [0.2, 0.25) is 0 Å². The van der Waals surface area contributed by atoms with Crippen molar-refractivity contribution in [2.24, 2.45) is 0 Å². The molecule has 2 heteroatoms. The Kier molecular flexibility index (Phi) is 3.28. The Hall–Kier alpha value is -0.530.